The number of rotatable bonds is 2. The van der Waals surface area contributed by atoms with E-state index in [1.807, 2.05) is 0 Å². The van der Waals surface area contributed by atoms with E-state index in [9.17, 15) is 9.59 Å². The van der Waals surface area contributed by atoms with Crippen LogP contribution in [-0.4, -0.2) is 21.9 Å². The third-order valence-corrected chi connectivity index (χ3v) is 1.89. The second kappa shape index (κ2) is 3.10. The minimum Gasteiger partial charge on any atom is -0.359 e. The van der Waals surface area contributed by atoms with Gasteiger partial charge in [-0.05, 0) is 6.92 Å². The molecule has 0 aliphatic carbocycles. The summed E-state index contributed by atoms with van der Waals surface area (Å²) in [5.41, 5.74) is 0.729. The highest BCUT2D eigenvalue weighted by Gasteiger charge is 2.24. The SMILES string of the molecule is Cc1cc(CN2C(=O)C=CC2=O)on1. The largest absolute Gasteiger partial charge is 0.359 e. The Kier molecular flexibility index (Phi) is 1.92. The molecule has 14 heavy (non-hydrogen) atoms. The van der Waals surface area contributed by atoms with Crippen molar-refractivity contribution in [1.82, 2.24) is 10.1 Å². The highest BCUT2D eigenvalue weighted by atomic mass is 16.5. The molecule has 1 aliphatic rings. The van der Waals surface area contributed by atoms with E-state index < -0.39 is 0 Å². The number of nitrogens with zero attached hydrogens (tertiary/aromatic N) is 2. The van der Waals surface area contributed by atoms with Crippen molar-refractivity contribution in [2.24, 2.45) is 0 Å². The van der Waals surface area contributed by atoms with Gasteiger partial charge in [0.25, 0.3) is 11.8 Å². The molecule has 0 atom stereocenters. The van der Waals surface area contributed by atoms with E-state index in [0.717, 1.165) is 10.6 Å². The number of carbonyl (C=O) groups excluding carboxylic acids is 2. The summed E-state index contributed by atoms with van der Waals surface area (Å²) in [7, 11) is 0. The summed E-state index contributed by atoms with van der Waals surface area (Å²) >= 11 is 0. The van der Waals surface area contributed by atoms with Crippen LogP contribution in [0.4, 0.5) is 0 Å². The number of carbonyl (C=O) groups is 2. The average molecular weight is 192 g/mol. The van der Waals surface area contributed by atoms with Gasteiger partial charge >= 0.3 is 0 Å². The minimum atomic E-state index is -0.316. The van der Waals surface area contributed by atoms with Crippen LogP contribution in [0.5, 0.6) is 0 Å². The molecule has 1 aromatic rings. The van der Waals surface area contributed by atoms with Crippen molar-refractivity contribution in [2.75, 3.05) is 0 Å². The van der Waals surface area contributed by atoms with E-state index in [1.54, 1.807) is 13.0 Å². The van der Waals surface area contributed by atoms with E-state index in [-0.39, 0.29) is 18.4 Å². The summed E-state index contributed by atoms with van der Waals surface area (Å²) < 4.78 is 4.90. The summed E-state index contributed by atoms with van der Waals surface area (Å²) in [6.45, 7) is 1.92. The number of aromatic nitrogens is 1. The van der Waals surface area contributed by atoms with Crippen molar-refractivity contribution in [3.8, 4) is 0 Å². The van der Waals surface area contributed by atoms with E-state index >= 15 is 0 Å². The molecule has 0 saturated heterocycles. The number of amides is 2. The zero-order valence-electron chi connectivity index (χ0n) is 7.56. The molecule has 2 rings (SSSR count). The molecule has 1 aliphatic heterocycles. The number of aryl methyl sites for hydroxylation is 1. The highest BCUT2D eigenvalue weighted by Crippen LogP contribution is 2.11. The lowest BCUT2D eigenvalue weighted by Crippen LogP contribution is -2.29. The molecule has 0 bridgehead atoms. The molecule has 0 aromatic carbocycles. The molecule has 0 fully saturated rings. The molecule has 2 heterocycles. The first kappa shape index (κ1) is 8.68. The summed E-state index contributed by atoms with van der Waals surface area (Å²) in [5, 5.41) is 3.66. The van der Waals surface area contributed by atoms with Crippen LogP contribution >= 0.6 is 0 Å². The molecule has 0 saturated carbocycles. The van der Waals surface area contributed by atoms with Crippen LogP contribution in [0.15, 0.2) is 22.7 Å². The topological polar surface area (TPSA) is 63.4 Å². The van der Waals surface area contributed by atoms with Gasteiger partial charge in [-0.2, -0.15) is 0 Å². The summed E-state index contributed by atoms with van der Waals surface area (Å²) in [6, 6.07) is 1.69. The third-order valence-electron chi connectivity index (χ3n) is 1.89. The van der Waals surface area contributed by atoms with Crippen LogP contribution in [0.25, 0.3) is 0 Å². The van der Waals surface area contributed by atoms with Gasteiger partial charge in [0, 0.05) is 18.2 Å². The molecule has 72 valence electrons. The van der Waals surface area contributed by atoms with Gasteiger partial charge in [0.2, 0.25) is 0 Å². The lowest BCUT2D eigenvalue weighted by atomic mass is 10.3. The molecular formula is C9H8N2O3. The molecule has 0 unspecified atom stereocenters. The summed E-state index contributed by atoms with van der Waals surface area (Å²) in [4.78, 5) is 23.4. The van der Waals surface area contributed by atoms with Crippen LogP contribution in [-0.2, 0) is 16.1 Å². The molecule has 0 N–H and O–H groups in total. The standard InChI is InChI=1S/C9H8N2O3/c1-6-4-7(14-10-6)5-11-8(12)2-3-9(11)13/h2-4H,5H2,1H3. The Labute approximate surface area is 80.0 Å². The second-order valence-electron chi connectivity index (χ2n) is 3.03. The van der Waals surface area contributed by atoms with Crippen LogP contribution in [0, 0.1) is 6.92 Å². The maximum absolute atomic E-state index is 11.2. The van der Waals surface area contributed by atoms with Crippen molar-refractivity contribution in [3.63, 3.8) is 0 Å². The van der Waals surface area contributed by atoms with Crippen molar-refractivity contribution < 1.29 is 14.1 Å². The van der Waals surface area contributed by atoms with E-state index in [2.05, 4.69) is 5.16 Å². The first-order valence-corrected chi connectivity index (χ1v) is 4.12. The molecule has 5 heteroatoms. The minimum absolute atomic E-state index is 0.144. The Morgan fingerprint density at radius 2 is 2.00 bits per heavy atom. The highest BCUT2D eigenvalue weighted by molar-refractivity contribution is 6.12. The van der Waals surface area contributed by atoms with Crippen LogP contribution in [0.1, 0.15) is 11.5 Å². The van der Waals surface area contributed by atoms with Gasteiger partial charge < -0.3 is 4.52 Å². The van der Waals surface area contributed by atoms with E-state index in [1.165, 1.54) is 12.2 Å². The maximum Gasteiger partial charge on any atom is 0.254 e. The van der Waals surface area contributed by atoms with Gasteiger partial charge in [0.15, 0.2) is 5.76 Å². The van der Waals surface area contributed by atoms with Crippen molar-refractivity contribution in [3.05, 3.63) is 29.7 Å². The second-order valence-corrected chi connectivity index (χ2v) is 3.03. The fourth-order valence-electron chi connectivity index (χ4n) is 1.23. The van der Waals surface area contributed by atoms with E-state index in [4.69, 9.17) is 4.52 Å². The molecule has 5 nitrogen and oxygen atoms in total. The summed E-state index contributed by atoms with van der Waals surface area (Å²) in [5.74, 6) is -0.124. The van der Waals surface area contributed by atoms with Crippen molar-refractivity contribution in [1.29, 1.82) is 0 Å². The molecule has 0 radical (unpaired) electrons. The Balaban J connectivity index is 2.12. The molecule has 1 aromatic heterocycles. The fraction of sp³-hybridized carbons (Fsp3) is 0.222. The summed E-state index contributed by atoms with van der Waals surface area (Å²) in [6.07, 6.45) is 2.48. The quantitative estimate of drug-likeness (QED) is 0.636. The molecule has 0 spiro atoms. The zero-order valence-corrected chi connectivity index (χ0v) is 7.56. The monoisotopic (exact) mass is 192 g/mol. The predicted molar refractivity (Wildman–Crippen MR) is 45.9 cm³/mol. The normalized spacial score (nSPS) is 15.6. The fourth-order valence-corrected chi connectivity index (χ4v) is 1.23. The Hall–Kier alpha value is -1.91. The van der Waals surface area contributed by atoms with Gasteiger partial charge in [-0.25, -0.2) is 0 Å². The van der Waals surface area contributed by atoms with Gasteiger partial charge in [-0.15, -0.1) is 0 Å². The van der Waals surface area contributed by atoms with Crippen LogP contribution in [0.3, 0.4) is 0 Å². The van der Waals surface area contributed by atoms with Crippen LogP contribution in [0.2, 0.25) is 0 Å². The smallest absolute Gasteiger partial charge is 0.254 e. The first-order valence-electron chi connectivity index (χ1n) is 4.12. The predicted octanol–water partition coefficient (Wildman–Crippen LogP) is 0.408. The van der Waals surface area contributed by atoms with Crippen molar-refractivity contribution >= 4 is 11.8 Å². The van der Waals surface area contributed by atoms with Gasteiger partial charge in [0.1, 0.15) is 0 Å². The number of hydrogen-bond donors (Lipinski definition) is 0. The lowest BCUT2D eigenvalue weighted by Gasteiger charge is -2.10. The van der Waals surface area contributed by atoms with Crippen molar-refractivity contribution in [2.45, 2.75) is 13.5 Å². The van der Waals surface area contributed by atoms with Gasteiger partial charge in [-0.3, -0.25) is 14.5 Å². The molecular weight excluding hydrogens is 184 g/mol. The third kappa shape index (κ3) is 1.44. The van der Waals surface area contributed by atoms with Gasteiger partial charge in [-0.1, -0.05) is 5.16 Å². The average Bonchev–Trinajstić information content (AvgIpc) is 2.67. The maximum atomic E-state index is 11.2. The first-order chi connectivity index (χ1) is 6.66. The Bertz CT molecular complexity index is 401. The van der Waals surface area contributed by atoms with Gasteiger partial charge in [0.05, 0.1) is 12.2 Å². The van der Waals surface area contributed by atoms with E-state index in [0.29, 0.717) is 5.76 Å². The van der Waals surface area contributed by atoms with Crippen LogP contribution < -0.4 is 0 Å². The lowest BCUT2D eigenvalue weighted by molar-refractivity contribution is -0.137. The Morgan fingerprint density at radius 3 is 2.50 bits per heavy atom. The Morgan fingerprint density at radius 1 is 1.36 bits per heavy atom. The number of hydrogen-bond acceptors (Lipinski definition) is 4. The number of imide groups is 1. The molecule has 2 amide bonds. The zero-order chi connectivity index (χ0) is 10.1.